The molecule has 1 fully saturated rings. The number of hydrogen-bond donors (Lipinski definition) is 0. The normalized spacial score (nSPS) is 20.0. The van der Waals surface area contributed by atoms with Gasteiger partial charge in [-0.3, -0.25) is 4.90 Å². The summed E-state index contributed by atoms with van der Waals surface area (Å²) in [6.45, 7) is 8.57. The maximum atomic E-state index is 5.84. The minimum Gasteiger partial charge on any atom is -0.465 e. The molecule has 0 radical (unpaired) electrons. The number of imidazole rings is 1. The van der Waals surface area contributed by atoms with Crippen LogP contribution in [-0.2, 0) is 19.5 Å². The zero-order chi connectivity index (χ0) is 14.7. The van der Waals surface area contributed by atoms with Crippen LogP contribution in [0.15, 0.2) is 28.9 Å². The van der Waals surface area contributed by atoms with Crippen molar-refractivity contribution in [1.82, 2.24) is 14.5 Å². The number of furan rings is 1. The maximum Gasteiger partial charge on any atom is 0.118 e. The predicted molar refractivity (Wildman–Crippen MR) is 83.1 cm³/mol. The van der Waals surface area contributed by atoms with E-state index in [9.17, 15) is 0 Å². The molecule has 0 amide bonds. The van der Waals surface area contributed by atoms with E-state index in [1.54, 1.807) is 0 Å². The SMILES string of the molecule is CCc1ccc(CN2CCC[C@@H](Cn3ccnc3C)C2)o1. The van der Waals surface area contributed by atoms with E-state index in [-0.39, 0.29) is 0 Å². The van der Waals surface area contributed by atoms with E-state index in [0.717, 1.165) is 43.4 Å². The summed E-state index contributed by atoms with van der Waals surface area (Å²) in [4.78, 5) is 6.84. The van der Waals surface area contributed by atoms with Gasteiger partial charge in [-0.05, 0) is 44.4 Å². The molecule has 1 atom stereocenters. The fourth-order valence-corrected chi connectivity index (χ4v) is 3.24. The molecular weight excluding hydrogens is 262 g/mol. The van der Waals surface area contributed by atoms with Crippen molar-refractivity contribution in [2.75, 3.05) is 13.1 Å². The van der Waals surface area contributed by atoms with Gasteiger partial charge in [0.2, 0.25) is 0 Å². The number of piperidine rings is 1. The first-order valence-electron chi connectivity index (χ1n) is 8.02. The summed E-state index contributed by atoms with van der Waals surface area (Å²) in [6, 6.07) is 4.23. The van der Waals surface area contributed by atoms with E-state index in [2.05, 4.69) is 46.6 Å². The fraction of sp³-hybridized carbons (Fsp3) is 0.588. The third kappa shape index (κ3) is 3.56. The molecule has 2 aromatic rings. The molecule has 0 aromatic carbocycles. The minimum absolute atomic E-state index is 0.715. The summed E-state index contributed by atoms with van der Waals surface area (Å²) in [5.74, 6) is 4.02. The average molecular weight is 287 g/mol. The first kappa shape index (κ1) is 14.4. The molecule has 1 aliphatic rings. The highest BCUT2D eigenvalue weighted by atomic mass is 16.3. The second kappa shape index (κ2) is 6.48. The molecule has 0 N–H and O–H groups in total. The molecule has 0 bridgehead atoms. The molecular formula is C17H25N3O. The summed E-state index contributed by atoms with van der Waals surface area (Å²) in [5, 5.41) is 0. The first-order valence-corrected chi connectivity index (χ1v) is 8.02. The Balaban J connectivity index is 1.56. The summed E-state index contributed by atoms with van der Waals surface area (Å²) in [6.07, 6.45) is 7.55. The Bertz CT molecular complexity index is 572. The number of rotatable bonds is 5. The van der Waals surface area contributed by atoms with Crippen LogP contribution in [0.4, 0.5) is 0 Å². The number of aromatic nitrogens is 2. The van der Waals surface area contributed by atoms with Crippen LogP contribution in [0.3, 0.4) is 0 Å². The smallest absolute Gasteiger partial charge is 0.118 e. The Kier molecular flexibility index (Phi) is 4.44. The van der Waals surface area contributed by atoms with Gasteiger partial charge in [0.05, 0.1) is 6.54 Å². The van der Waals surface area contributed by atoms with Gasteiger partial charge >= 0.3 is 0 Å². The van der Waals surface area contributed by atoms with Crippen molar-refractivity contribution in [2.45, 2.75) is 46.2 Å². The van der Waals surface area contributed by atoms with Crippen LogP contribution in [0.1, 0.15) is 37.1 Å². The molecule has 21 heavy (non-hydrogen) atoms. The zero-order valence-electron chi connectivity index (χ0n) is 13.1. The van der Waals surface area contributed by atoms with E-state index < -0.39 is 0 Å². The summed E-state index contributed by atoms with van der Waals surface area (Å²) in [7, 11) is 0. The number of hydrogen-bond acceptors (Lipinski definition) is 3. The van der Waals surface area contributed by atoms with Crippen molar-refractivity contribution >= 4 is 0 Å². The van der Waals surface area contributed by atoms with Crippen LogP contribution >= 0.6 is 0 Å². The van der Waals surface area contributed by atoms with Crippen molar-refractivity contribution in [1.29, 1.82) is 0 Å². The lowest BCUT2D eigenvalue weighted by atomic mass is 9.98. The molecule has 2 aromatic heterocycles. The third-order valence-electron chi connectivity index (χ3n) is 4.43. The topological polar surface area (TPSA) is 34.2 Å². The number of nitrogens with zero attached hydrogens (tertiary/aromatic N) is 3. The van der Waals surface area contributed by atoms with Crippen molar-refractivity contribution in [2.24, 2.45) is 5.92 Å². The Morgan fingerprint density at radius 3 is 2.90 bits per heavy atom. The second-order valence-electron chi connectivity index (χ2n) is 6.09. The largest absolute Gasteiger partial charge is 0.465 e. The van der Waals surface area contributed by atoms with Crippen molar-refractivity contribution in [3.63, 3.8) is 0 Å². The van der Waals surface area contributed by atoms with E-state index in [1.807, 2.05) is 6.20 Å². The molecule has 4 heteroatoms. The minimum atomic E-state index is 0.715. The Morgan fingerprint density at radius 1 is 1.33 bits per heavy atom. The number of likely N-dealkylation sites (tertiary alicyclic amines) is 1. The van der Waals surface area contributed by atoms with Crippen LogP contribution < -0.4 is 0 Å². The van der Waals surface area contributed by atoms with Gasteiger partial charge in [0.15, 0.2) is 0 Å². The third-order valence-corrected chi connectivity index (χ3v) is 4.43. The van der Waals surface area contributed by atoms with Gasteiger partial charge < -0.3 is 8.98 Å². The van der Waals surface area contributed by atoms with Gasteiger partial charge in [-0.25, -0.2) is 4.98 Å². The molecule has 114 valence electrons. The van der Waals surface area contributed by atoms with Crippen molar-refractivity contribution in [3.8, 4) is 0 Å². The lowest BCUT2D eigenvalue weighted by Crippen LogP contribution is -2.36. The molecule has 3 heterocycles. The zero-order valence-corrected chi connectivity index (χ0v) is 13.1. The highest BCUT2D eigenvalue weighted by Crippen LogP contribution is 2.21. The van der Waals surface area contributed by atoms with Gasteiger partial charge in [0.25, 0.3) is 0 Å². The number of aryl methyl sites for hydroxylation is 2. The maximum absolute atomic E-state index is 5.84. The van der Waals surface area contributed by atoms with Crippen molar-refractivity contribution in [3.05, 3.63) is 41.9 Å². The molecule has 0 saturated carbocycles. The van der Waals surface area contributed by atoms with Crippen LogP contribution in [0, 0.1) is 12.8 Å². The Hall–Kier alpha value is -1.55. The average Bonchev–Trinajstić information content (AvgIpc) is 3.09. The predicted octanol–water partition coefficient (Wildman–Crippen LogP) is 3.26. The van der Waals surface area contributed by atoms with Crippen LogP contribution in [0.25, 0.3) is 0 Å². The van der Waals surface area contributed by atoms with Gasteiger partial charge in [-0.15, -0.1) is 0 Å². The second-order valence-corrected chi connectivity index (χ2v) is 6.09. The molecule has 3 rings (SSSR count). The highest BCUT2D eigenvalue weighted by Gasteiger charge is 2.21. The monoisotopic (exact) mass is 287 g/mol. The van der Waals surface area contributed by atoms with E-state index in [0.29, 0.717) is 5.92 Å². The fourth-order valence-electron chi connectivity index (χ4n) is 3.24. The van der Waals surface area contributed by atoms with Gasteiger partial charge in [0.1, 0.15) is 17.3 Å². The van der Waals surface area contributed by atoms with E-state index in [1.165, 1.54) is 19.4 Å². The molecule has 1 aliphatic heterocycles. The van der Waals surface area contributed by atoms with Crippen LogP contribution in [0.5, 0.6) is 0 Å². The lowest BCUT2D eigenvalue weighted by molar-refractivity contribution is 0.145. The molecule has 0 aliphatic carbocycles. The quantitative estimate of drug-likeness (QED) is 0.846. The molecule has 1 saturated heterocycles. The Morgan fingerprint density at radius 2 is 2.19 bits per heavy atom. The van der Waals surface area contributed by atoms with Crippen LogP contribution in [0.2, 0.25) is 0 Å². The standard InChI is InChI=1S/C17H25N3O/c1-3-16-6-7-17(21-16)13-19-9-4-5-15(11-19)12-20-10-8-18-14(20)2/h6-8,10,15H,3-5,9,11-13H2,1-2H3/t15-/m1/s1. The molecule has 0 spiro atoms. The van der Waals surface area contributed by atoms with Crippen molar-refractivity contribution < 1.29 is 4.42 Å². The van der Waals surface area contributed by atoms with E-state index >= 15 is 0 Å². The summed E-state index contributed by atoms with van der Waals surface area (Å²) >= 11 is 0. The summed E-state index contributed by atoms with van der Waals surface area (Å²) < 4.78 is 8.11. The van der Waals surface area contributed by atoms with E-state index in [4.69, 9.17) is 4.42 Å². The molecule has 4 nitrogen and oxygen atoms in total. The Labute approximate surface area is 126 Å². The lowest BCUT2D eigenvalue weighted by Gasteiger charge is -2.32. The summed E-state index contributed by atoms with van der Waals surface area (Å²) in [5.41, 5.74) is 0. The molecule has 0 unspecified atom stereocenters. The van der Waals surface area contributed by atoms with Gasteiger partial charge in [-0.1, -0.05) is 6.92 Å². The van der Waals surface area contributed by atoms with Gasteiger partial charge in [0, 0.05) is 31.9 Å². The highest BCUT2D eigenvalue weighted by molar-refractivity contribution is 5.07. The van der Waals surface area contributed by atoms with Crippen LogP contribution in [-0.4, -0.2) is 27.5 Å². The first-order chi connectivity index (χ1) is 10.2. The van der Waals surface area contributed by atoms with Gasteiger partial charge in [-0.2, -0.15) is 0 Å².